The van der Waals surface area contributed by atoms with Gasteiger partial charge in [-0.2, -0.15) is 5.10 Å². The van der Waals surface area contributed by atoms with E-state index in [1.807, 2.05) is 36.4 Å². The van der Waals surface area contributed by atoms with Gasteiger partial charge in [-0.25, -0.2) is 5.43 Å². The molecule has 160 valence electrons. The van der Waals surface area contributed by atoms with Gasteiger partial charge in [-0.3, -0.25) is 4.79 Å². The van der Waals surface area contributed by atoms with E-state index in [1.165, 1.54) is 6.21 Å². The first kappa shape index (κ1) is 23.1. The van der Waals surface area contributed by atoms with Crippen LogP contribution in [0, 0.1) is 0 Å². The number of hydrazone groups is 1. The van der Waals surface area contributed by atoms with Crippen LogP contribution in [0.5, 0.6) is 11.5 Å². The highest BCUT2D eigenvalue weighted by molar-refractivity contribution is 9.10. The van der Waals surface area contributed by atoms with Crippen molar-refractivity contribution in [1.82, 2.24) is 5.43 Å². The molecule has 0 saturated carbocycles. The highest BCUT2D eigenvalue weighted by Crippen LogP contribution is 2.34. The van der Waals surface area contributed by atoms with Gasteiger partial charge in [-0.15, -0.1) is 0 Å². The van der Waals surface area contributed by atoms with Crippen LogP contribution in [0.1, 0.15) is 16.7 Å². The molecular formula is C23H19BrCl2N2O3. The van der Waals surface area contributed by atoms with E-state index in [0.29, 0.717) is 27.1 Å². The fourth-order valence-electron chi connectivity index (χ4n) is 2.71. The number of carbonyl (C=O) groups excluding carboxylic acids is 1. The van der Waals surface area contributed by atoms with Crippen LogP contribution in [0.2, 0.25) is 10.0 Å². The molecule has 1 N–H and O–H groups in total. The van der Waals surface area contributed by atoms with Gasteiger partial charge in [-0.1, -0.05) is 59.6 Å². The van der Waals surface area contributed by atoms with Crippen molar-refractivity contribution in [2.24, 2.45) is 5.10 Å². The maximum atomic E-state index is 12.0. The van der Waals surface area contributed by atoms with E-state index in [0.717, 1.165) is 15.6 Å². The number of ether oxygens (including phenoxy) is 2. The Kier molecular flexibility index (Phi) is 8.35. The van der Waals surface area contributed by atoms with Crippen LogP contribution < -0.4 is 14.9 Å². The molecule has 31 heavy (non-hydrogen) atoms. The van der Waals surface area contributed by atoms with Crippen LogP contribution in [-0.2, 0) is 17.8 Å². The maximum absolute atomic E-state index is 12.0. The van der Waals surface area contributed by atoms with Gasteiger partial charge in [-0.05, 0) is 45.8 Å². The Hall–Kier alpha value is -2.54. The fraction of sp³-hybridized carbons (Fsp3) is 0.130. The molecule has 3 aromatic rings. The number of hydrogen-bond acceptors (Lipinski definition) is 4. The minimum Gasteiger partial charge on any atom is -0.493 e. The van der Waals surface area contributed by atoms with Crippen molar-refractivity contribution in [1.29, 1.82) is 0 Å². The molecule has 5 nitrogen and oxygen atoms in total. The van der Waals surface area contributed by atoms with Crippen molar-refractivity contribution >= 4 is 51.3 Å². The number of hydrogen-bond donors (Lipinski definition) is 1. The quantitative estimate of drug-likeness (QED) is 0.290. The molecule has 0 fully saturated rings. The molecule has 0 radical (unpaired) electrons. The fourth-order valence-corrected chi connectivity index (χ4v) is 3.60. The Labute approximate surface area is 199 Å². The summed E-state index contributed by atoms with van der Waals surface area (Å²) in [5, 5.41) is 5.13. The van der Waals surface area contributed by atoms with Crippen LogP contribution in [0.4, 0.5) is 0 Å². The van der Waals surface area contributed by atoms with Crippen LogP contribution in [-0.4, -0.2) is 19.2 Å². The Morgan fingerprint density at radius 2 is 1.87 bits per heavy atom. The van der Waals surface area contributed by atoms with Gasteiger partial charge >= 0.3 is 0 Å². The van der Waals surface area contributed by atoms with Gasteiger partial charge in [0, 0.05) is 25.6 Å². The summed E-state index contributed by atoms with van der Waals surface area (Å²) in [6, 6.07) is 18.2. The number of amides is 1. The summed E-state index contributed by atoms with van der Waals surface area (Å²) in [5.74, 6) is 0.848. The molecule has 3 aromatic carbocycles. The maximum Gasteiger partial charge on any atom is 0.244 e. The lowest BCUT2D eigenvalue weighted by molar-refractivity contribution is -0.120. The highest BCUT2D eigenvalue weighted by Gasteiger charge is 2.11. The first-order valence-electron chi connectivity index (χ1n) is 9.26. The molecule has 3 rings (SSSR count). The van der Waals surface area contributed by atoms with Gasteiger partial charge in [0.25, 0.3) is 0 Å². The van der Waals surface area contributed by atoms with Crippen molar-refractivity contribution in [2.75, 3.05) is 7.11 Å². The second kappa shape index (κ2) is 11.2. The smallest absolute Gasteiger partial charge is 0.244 e. The normalized spacial score (nSPS) is 10.8. The minimum absolute atomic E-state index is 0.203. The molecule has 0 saturated heterocycles. The number of benzene rings is 3. The monoisotopic (exact) mass is 520 g/mol. The summed E-state index contributed by atoms with van der Waals surface area (Å²) in [6.45, 7) is 0.252. The standard InChI is InChI=1S/C23H19BrCl2N2O3/c1-30-21-10-17(13-27-28-23(29)9-15-5-3-2-4-6-15)19(24)12-22(21)31-14-16-7-8-18(25)11-20(16)26/h2-8,10-13H,9,14H2,1H3,(H,28,29)/b27-13-. The third-order valence-corrected chi connectivity index (χ3v) is 5.56. The van der Waals surface area contributed by atoms with Gasteiger partial charge in [0.1, 0.15) is 6.61 Å². The number of nitrogens with zero attached hydrogens (tertiary/aromatic N) is 1. The number of nitrogens with one attached hydrogen (secondary N) is 1. The topological polar surface area (TPSA) is 59.9 Å². The molecule has 0 bridgehead atoms. The van der Waals surface area contributed by atoms with Crippen LogP contribution in [0.25, 0.3) is 0 Å². The molecule has 0 aliphatic rings. The summed E-state index contributed by atoms with van der Waals surface area (Å²) >= 11 is 15.6. The summed E-state index contributed by atoms with van der Waals surface area (Å²) in [4.78, 5) is 12.0. The number of rotatable bonds is 8. The molecule has 0 heterocycles. The largest absolute Gasteiger partial charge is 0.493 e. The van der Waals surface area contributed by atoms with E-state index >= 15 is 0 Å². The van der Waals surface area contributed by atoms with Crippen LogP contribution >= 0.6 is 39.1 Å². The summed E-state index contributed by atoms with van der Waals surface area (Å²) in [7, 11) is 1.55. The molecule has 0 spiro atoms. The molecule has 1 amide bonds. The average molecular weight is 522 g/mol. The molecule has 0 atom stereocenters. The van der Waals surface area contributed by atoms with Crippen LogP contribution in [0.3, 0.4) is 0 Å². The Morgan fingerprint density at radius 1 is 1.10 bits per heavy atom. The summed E-state index contributed by atoms with van der Waals surface area (Å²) < 4.78 is 12.0. The average Bonchev–Trinajstić information content (AvgIpc) is 2.75. The third-order valence-electron chi connectivity index (χ3n) is 4.28. The van der Waals surface area contributed by atoms with Crippen LogP contribution in [0.15, 0.2) is 70.2 Å². The predicted octanol–water partition coefficient (Wildman–Crippen LogP) is 6.04. The lowest BCUT2D eigenvalue weighted by Crippen LogP contribution is -2.19. The SMILES string of the molecule is COc1cc(/C=N\NC(=O)Cc2ccccc2)c(Br)cc1OCc1ccc(Cl)cc1Cl. The van der Waals surface area contributed by atoms with Gasteiger partial charge < -0.3 is 9.47 Å². The van der Waals surface area contributed by atoms with E-state index in [9.17, 15) is 4.79 Å². The molecule has 0 unspecified atom stereocenters. The van der Waals surface area contributed by atoms with Crippen molar-refractivity contribution in [3.05, 3.63) is 91.9 Å². The minimum atomic E-state index is -0.203. The Morgan fingerprint density at radius 3 is 2.58 bits per heavy atom. The van der Waals surface area contributed by atoms with Crippen molar-refractivity contribution in [3.8, 4) is 11.5 Å². The molecule has 0 aliphatic carbocycles. The van der Waals surface area contributed by atoms with Crippen molar-refractivity contribution in [3.63, 3.8) is 0 Å². The first-order chi connectivity index (χ1) is 15.0. The summed E-state index contributed by atoms with van der Waals surface area (Å²) in [6.07, 6.45) is 1.79. The highest BCUT2D eigenvalue weighted by atomic mass is 79.9. The number of halogens is 3. The molecule has 0 aromatic heterocycles. The second-order valence-corrected chi connectivity index (χ2v) is 8.20. The lowest BCUT2D eigenvalue weighted by atomic mass is 10.1. The van der Waals surface area contributed by atoms with E-state index in [2.05, 4.69) is 26.5 Å². The van der Waals surface area contributed by atoms with Crippen molar-refractivity contribution in [2.45, 2.75) is 13.0 Å². The predicted molar refractivity (Wildman–Crippen MR) is 127 cm³/mol. The summed E-state index contributed by atoms with van der Waals surface area (Å²) in [5.41, 5.74) is 4.96. The van der Waals surface area contributed by atoms with Gasteiger partial charge in [0.2, 0.25) is 5.91 Å². The van der Waals surface area contributed by atoms with Gasteiger partial charge in [0.05, 0.1) is 19.7 Å². The molecular weight excluding hydrogens is 503 g/mol. The third kappa shape index (κ3) is 6.72. The number of methoxy groups -OCH3 is 1. The first-order valence-corrected chi connectivity index (χ1v) is 10.8. The van der Waals surface area contributed by atoms with Crippen molar-refractivity contribution < 1.29 is 14.3 Å². The van der Waals surface area contributed by atoms with E-state index in [-0.39, 0.29) is 18.9 Å². The molecule has 8 heteroatoms. The zero-order valence-electron chi connectivity index (χ0n) is 16.6. The number of carbonyl (C=O) groups is 1. The van der Waals surface area contributed by atoms with Gasteiger partial charge in [0.15, 0.2) is 11.5 Å². The lowest BCUT2D eigenvalue weighted by Gasteiger charge is -2.13. The zero-order valence-corrected chi connectivity index (χ0v) is 19.7. The van der Waals surface area contributed by atoms with E-state index in [4.69, 9.17) is 32.7 Å². The van der Waals surface area contributed by atoms with E-state index in [1.54, 1.807) is 31.4 Å². The Balaban J connectivity index is 1.65. The zero-order chi connectivity index (χ0) is 22.2. The Bertz CT molecular complexity index is 1090. The van der Waals surface area contributed by atoms with E-state index < -0.39 is 0 Å². The second-order valence-electron chi connectivity index (χ2n) is 6.50. The molecule has 0 aliphatic heterocycles.